The van der Waals surface area contributed by atoms with E-state index in [0.717, 1.165) is 74.7 Å². The smallest absolute Gasteiger partial charge is 0.407 e. The van der Waals surface area contributed by atoms with Gasteiger partial charge in [0.1, 0.15) is 23.7 Å². The van der Waals surface area contributed by atoms with Gasteiger partial charge in [0.25, 0.3) is 0 Å². The number of methoxy groups -OCH3 is 2. The van der Waals surface area contributed by atoms with Gasteiger partial charge in [-0.1, -0.05) is 55.6 Å². The summed E-state index contributed by atoms with van der Waals surface area (Å²) in [5, 5.41) is 7.81. The Balaban J connectivity index is 0.861. The number of H-pyrrole nitrogens is 2. The molecular weight excluding hydrogens is 845 g/mol. The number of ether oxygens (including phenoxy) is 4. The van der Waals surface area contributed by atoms with Crippen LogP contribution in [0.2, 0.25) is 19.1 Å². The second-order valence-electron chi connectivity index (χ2n) is 19.3. The minimum absolute atomic E-state index is 0.0252. The Hall–Kier alpha value is -5.78. The highest BCUT2D eigenvalue weighted by molar-refractivity contribution is 6.78. The Morgan fingerprint density at radius 2 is 1.38 bits per heavy atom. The molecule has 5 fully saturated rings. The maximum Gasteiger partial charge on any atom is 0.407 e. The summed E-state index contributed by atoms with van der Waals surface area (Å²) in [6, 6.07) is 18.2. The predicted octanol–water partition coefficient (Wildman–Crippen LogP) is 6.87. The zero-order valence-corrected chi connectivity index (χ0v) is 38.4. The van der Waals surface area contributed by atoms with E-state index in [1.807, 2.05) is 16.0 Å². The van der Waals surface area contributed by atoms with Crippen molar-refractivity contribution < 1.29 is 38.1 Å². The third kappa shape index (κ3) is 8.49. The summed E-state index contributed by atoms with van der Waals surface area (Å²) >= 11 is 0. The molecule has 1 aliphatic carbocycles. The van der Waals surface area contributed by atoms with E-state index in [-0.39, 0.29) is 41.8 Å². The number of likely N-dealkylation sites (tertiary alicyclic amines) is 1. The van der Waals surface area contributed by atoms with Crippen molar-refractivity contribution in [3.05, 3.63) is 72.4 Å². The number of amides is 4. The van der Waals surface area contributed by atoms with Gasteiger partial charge in [0.2, 0.25) is 11.8 Å². The lowest BCUT2D eigenvalue weighted by Crippen LogP contribution is -2.54. The lowest BCUT2D eigenvalue weighted by Gasteiger charge is -2.35. The first-order valence-electron chi connectivity index (χ1n) is 23.0. The number of carbonyl (C=O) groups is 4. The minimum Gasteiger partial charge on any atom is -0.453 e. The van der Waals surface area contributed by atoms with Crippen LogP contribution in [0.4, 0.5) is 9.59 Å². The molecule has 1 unspecified atom stereocenters. The largest absolute Gasteiger partial charge is 0.453 e. The van der Waals surface area contributed by atoms with Gasteiger partial charge in [-0.25, -0.2) is 19.6 Å². The molecule has 10 rings (SSSR count). The van der Waals surface area contributed by atoms with Crippen molar-refractivity contribution in [3.8, 4) is 22.4 Å². The molecule has 5 aliphatic rings. The van der Waals surface area contributed by atoms with Crippen molar-refractivity contribution >= 4 is 53.9 Å². The van der Waals surface area contributed by atoms with Gasteiger partial charge < -0.3 is 49.3 Å². The highest BCUT2D eigenvalue weighted by Gasteiger charge is 2.57. The average Bonchev–Trinajstić information content (AvgIpc) is 3.74. The molecule has 4 amide bonds. The quantitative estimate of drug-likeness (QED) is 0.108. The van der Waals surface area contributed by atoms with Crippen LogP contribution in [-0.4, -0.2) is 127 Å². The molecule has 342 valence electrons. The zero-order chi connectivity index (χ0) is 45.0. The fourth-order valence-electron chi connectivity index (χ4n) is 11.0. The van der Waals surface area contributed by atoms with E-state index in [1.54, 1.807) is 0 Å². The van der Waals surface area contributed by atoms with Gasteiger partial charge in [-0.3, -0.25) is 9.59 Å². The molecule has 65 heavy (non-hydrogen) atoms. The molecule has 4 N–H and O–H groups in total. The van der Waals surface area contributed by atoms with Crippen molar-refractivity contribution in [2.45, 2.75) is 87.9 Å². The Labute approximate surface area is 378 Å². The maximum absolute atomic E-state index is 14.4. The topological polar surface area (TPSA) is 193 Å². The number of benzene rings is 3. The number of fused-ring (bicyclic) bond motifs is 4. The maximum atomic E-state index is 14.4. The lowest BCUT2D eigenvalue weighted by atomic mass is 9.90. The molecule has 4 aliphatic heterocycles. The first-order chi connectivity index (χ1) is 31.5. The van der Waals surface area contributed by atoms with Crippen molar-refractivity contribution in [2.24, 2.45) is 17.8 Å². The lowest BCUT2D eigenvalue weighted by molar-refractivity contribution is -0.138. The molecule has 4 saturated heterocycles. The molecule has 16 nitrogen and oxygen atoms in total. The summed E-state index contributed by atoms with van der Waals surface area (Å²) in [6.07, 6.45) is 5.89. The summed E-state index contributed by atoms with van der Waals surface area (Å²) in [5.74, 6) is 1.72. The molecule has 6 atom stereocenters. The zero-order valence-electron chi connectivity index (χ0n) is 37.4. The molecule has 3 aromatic carbocycles. The molecule has 0 spiro atoms. The van der Waals surface area contributed by atoms with Gasteiger partial charge in [0, 0.05) is 44.0 Å². The minimum atomic E-state index is -1.82. The van der Waals surface area contributed by atoms with Crippen molar-refractivity contribution in [3.63, 3.8) is 0 Å². The van der Waals surface area contributed by atoms with E-state index in [0.29, 0.717) is 64.2 Å². The number of imidazole rings is 2. The summed E-state index contributed by atoms with van der Waals surface area (Å²) in [6.45, 7) is 6.85. The Morgan fingerprint density at radius 1 is 0.754 bits per heavy atom. The van der Waals surface area contributed by atoms with E-state index in [9.17, 15) is 19.2 Å². The van der Waals surface area contributed by atoms with Gasteiger partial charge in [-0.2, -0.15) is 0 Å². The Bertz CT molecular complexity index is 2600. The van der Waals surface area contributed by atoms with E-state index < -0.39 is 32.3 Å². The van der Waals surface area contributed by atoms with Crippen LogP contribution < -0.4 is 10.6 Å². The third-order valence-electron chi connectivity index (χ3n) is 14.5. The summed E-state index contributed by atoms with van der Waals surface area (Å²) < 4.78 is 21.0. The standard InChI is InChI=1S/C48H58N8O8Si/c1-61-47(59)53-40(29-13-17-63-18-14-29)45(57)55-26-65(3,4)25-39(55)44-50-35-12-10-32-21-31(9-11-34(32)42(35)52-44)27-5-7-28(8-6-27)36-24-49-43(51-36)38-23-33-22-37(33)56(38)46(58)41(54-48(60)62-2)30-15-19-64-20-16-30/h5-12,21,24,29-30,33,37-41H,13-20,22-23,25-26H2,1-4H3,(H,49,51)(H,50,52)(H,53,59)(H,54,60)/t33-,37-,38-,39-,40?,41+/m0/s1. The number of hydrogen-bond acceptors (Lipinski definition) is 10. The molecular formula is C48H58N8O8Si. The third-order valence-corrected chi connectivity index (χ3v) is 17.2. The van der Waals surface area contributed by atoms with E-state index >= 15 is 0 Å². The molecule has 2 aromatic heterocycles. The molecule has 1 saturated carbocycles. The van der Waals surface area contributed by atoms with Crippen LogP contribution in [0.5, 0.6) is 0 Å². The molecule has 0 radical (unpaired) electrons. The Morgan fingerprint density at radius 3 is 2.05 bits per heavy atom. The van der Waals surface area contributed by atoms with Crippen LogP contribution in [0.15, 0.2) is 60.8 Å². The number of rotatable bonds is 10. The highest BCUT2D eigenvalue weighted by atomic mass is 28.3. The molecule has 5 aromatic rings. The number of aromatic nitrogens is 4. The van der Waals surface area contributed by atoms with Gasteiger partial charge >= 0.3 is 12.2 Å². The van der Waals surface area contributed by atoms with Crippen LogP contribution in [-0.2, 0) is 28.5 Å². The molecule has 0 bridgehead atoms. The number of carbonyl (C=O) groups excluding carboxylic acids is 4. The molecule has 17 heteroatoms. The van der Waals surface area contributed by atoms with E-state index in [2.05, 4.69) is 88.3 Å². The van der Waals surface area contributed by atoms with E-state index in [4.69, 9.17) is 28.9 Å². The predicted molar refractivity (Wildman–Crippen MR) is 245 cm³/mol. The normalized spacial score (nSPS) is 24.1. The monoisotopic (exact) mass is 902 g/mol. The number of aromatic amines is 2. The van der Waals surface area contributed by atoms with Crippen LogP contribution >= 0.6 is 0 Å². The van der Waals surface area contributed by atoms with Gasteiger partial charge in [0.15, 0.2) is 0 Å². The van der Waals surface area contributed by atoms with Crippen LogP contribution in [0.25, 0.3) is 44.2 Å². The average molecular weight is 903 g/mol. The first kappa shape index (κ1) is 43.1. The SMILES string of the molecule is COC(=O)NC(C(=O)N1C[Si](C)(C)C[C@H]1c1nc2c(ccc3cc(-c4ccc(-c5cnc([C@@H]6C[C@@H]7C[C@@H]7N6C(=O)[C@H](NC(=O)OC)C6CCOCC6)[nH]5)cc4)ccc32)[nH]1)C1CCOCC1. The number of nitrogens with zero attached hydrogens (tertiary/aromatic N) is 4. The van der Waals surface area contributed by atoms with Crippen LogP contribution in [0.1, 0.15) is 62.3 Å². The number of piperidine rings is 1. The number of nitrogens with one attached hydrogen (secondary N) is 4. The van der Waals surface area contributed by atoms with Crippen LogP contribution in [0, 0.1) is 17.8 Å². The van der Waals surface area contributed by atoms with Crippen molar-refractivity contribution in [2.75, 3.05) is 46.8 Å². The van der Waals surface area contributed by atoms with Gasteiger partial charge in [-0.05, 0) is 96.5 Å². The van der Waals surface area contributed by atoms with Gasteiger partial charge in [0.05, 0.1) is 57.3 Å². The van der Waals surface area contributed by atoms with Gasteiger partial charge in [-0.15, -0.1) is 0 Å². The fraction of sp³-hybridized carbons (Fsp3) is 0.500. The number of alkyl carbamates (subject to hydrolysis) is 2. The summed E-state index contributed by atoms with van der Waals surface area (Å²) in [7, 11) is 0.824. The van der Waals surface area contributed by atoms with Crippen molar-refractivity contribution in [1.82, 2.24) is 40.4 Å². The fourth-order valence-corrected chi connectivity index (χ4v) is 13.9. The summed E-state index contributed by atoms with van der Waals surface area (Å²) in [4.78, 5) is 74.6. The van der Waals surface area contributed by atoms with Crippen molar-refractivity contribution in [1.29, 1.82) is 0 Å². The molecule has 6 heterocycles. The second kappa shape index (κ2) is 17.5. The van der Waals surface area contributed by atoms with E-state index in [1.165, 1.54) is 14.2 Å². The Kier molecular flexibility index (Phi) is 11.6. The highest BCUT2D eigenvalue weighted by Crippen LogP contribution is 2.53. The second-order valence-corrected chi connectivity index (χ2v) is 24.4. The first-order valence-corrected chi connectivity index (χ1v) is 26.4. The number of hydrogen-bond donors (Lipinski definition) is 4. The van der Waals surface area contributed by atoms with Crippen LogP contribution in [0.3, 0.4) is 0 Å². The summed E-state index contributed by atoms with van der Waals surface area (Å²) in [5.41, 5.74) is 5.76.